The Morgan fingerprint density at radius 2 is 2.36 bits per heavy atom. The number of aromatic nitrogens is 1. The third-order valence-corrected chi connectivity index (χ3v) is 1.44. The molecular formula is C8H12N4O2. The minimum absolute atomic E-state index is 0.119. The summed E-state index contributed by atoms with van der Waals surface area (Å²) in [5, 5.41) is 3.71. The summed E-state index contributed by atoms with van der Waals surface area (Å²) in [5.74, 6) is -0.575. The van der Waals surface area contributed by atoms with Crippen LogP contribution in [0, 0.1) is 0 Å². The molecule has 14 heavy (non-hydrogen) atoms. The van der Waals surface area contributed by atoms with Crippen LogP contribution in [0.3, 0.4) is 0 Å². The summed E-state index contributed by atoms with van der Waals surface area (Å²) in [6.07, 6.45) is 1.56. The van der Waals surface area contributed by atoms with Crippen LogP contribution in [-0.4, -0.2) is 23.2 Å². The molecule has 0 aliphatic heterocycles. The standard InChI is InChI=1S/C8H12N4O2/c1-2-14-7(13)6-4-3-5-12(6)11-8(9)10/h3-5H,2H2,1H3,(H4,9,10,11). The van der Waals surface area contributed by atoms with Crippen molar-refractivity contribution in [2.75, 3.05) is 6.61 Å². The predicted octanol–water partition coefficient (Wildman–Crippen LogP) is -0.299. The molecule has 0 saturated heterocycles. The zero-order valence-corrected chi connectivity index (χ0v) is 7.80. The van der Waals surface area contributed by atoms with Gasteiger partial charge >= 0.3 is 5.97 Å². The lowest BCUT2D eigenvalue weighted by Crippen LogP contribution is -2.24. The summed E-state index contributed by atoms with van der Waals surface area (Å²) in [6.45, 7) is 2.04. The maximum atomic E-state index is 11.3. The first-order valence-corrected chi connectivity index (χ1v) is 4.09. The van der Waals surface area contributed by atoms with Crippen molar-refractivity contribution < 1.29 is 9.53 Å². The number of hydrogen-bond donors (Lipinski definition) is 2. The molecule has 6 heteroatoms. The first kappa shape index (κ1) is 10.1. The summed E-state index contributed by atoms with van der Waals surface area (Å²) in [5.41, 5.74) is 10.7. The average molecular weight is 196 g/mol. The average Bonchev–Trinajstić information content (AvgIpc) is 2.51. The van der Waals surface area contributed by atoms with Gasteiger partial charge in [0.15, 0.2) is 0 Å². The highest BCUT2D eigenvalue weighted by Crippen LogP contribution is 2.03. The van der Waals surface area contributed by atoms with E-state index in [-0.39, 0.29) is 5.96 Å². The lowest BCUT2D eigenvalue weighted by Gasteiger charge is -2.02. The lowest BCUT2D eigenvalue weighted by molar-refractivity contribution is 0.0515. The van der Waals surface area contributed by atoms with Crippen molar-refractivity contribution >= 4 is 11.9 Å². The molecule has 1 aromatic rings. The molecule has 76 valence electrons. The van der Waals surface area contributed by atoms with Crippen molar-refractivity contribution in [3.8, 4) is 0 Å². The number of rotatable bonds is 3. The highest BCUT2D eigenvalue weighted by atomic mass is 16.5. The molecule has 4 N–H and O–H groups in total. The van der Waals surface area contributed by atoms with Gasteiger partial charge in [-0.05, 0) is 19.1 Å². The normalized spacial score (nSPS) is 9.50. The fraction of sp³-hybridized carbons (Fsp3) is 0.250. The van der Waals surface area contributed by atoms with E-state index in [1.54, 1.807) is 25.3 Å². The Morgan fingerprint density at radius 3 is 2.93 bits per heavy atom. The monoisotopic (exact) mass is 196 g/mol. The van der Waals surface area contributed by atoms with Crippen molar-refractivity contribution in [2.24, 2.45) is 16.6 Å². The highest BCUT2D eigenvalue weighted by Gasteiger charge is 2.10. The van der Waals surface area contributed by atoms with Gasteiger partial charge in [-0.15, -0.1) is 5.10 Å². The Labute approximate surface area is 81.1 Å². The van der Waals surface area contributed by atoms with Crippen molar-refractivity contribution in [2.45, 2.75) is 6.92 Å². The molecule has 0 spiro atoms. The highest BCUT2D eigenvalue weighted by molar-refractivity contribution is 5.88. The van der Waals surface area contributed by atoms with Crippen LogP contribution in [-0.2, 0) is 4.74 Å². The Morgan fingerprint density at radius 1 is 1.64 bits per heavy atom. The second kappa shape index (κ2) is 4.31. The minimum atomic E-state index is -0.456. The van der Waals surface area contributed by atoms with Gasteiger partial charge in [-0.1, -0.05) is 0 Å². The first-order valence-electron chi connectivity index (χ1n) is 4.09. The zero-order chi connectivity index (χ0) is 10.6. The topological polar surface area (TPSA) is 95.6 Å². The van der Waals surface area contributed by atoms with Crippen LogP contribution in [0.25, 0.3) is 0 Å². The fourth-order valence-electron chi connectivity index (χ4n) is 0.951. The number of nitrogens with zero attached hydrogens (tertiary/aromatic N) is 2. The molecule has 0 saturated carbocycles. The second-order valence-electron chi connectivity index (χ2n) is 2.48. The number of hydrogen-bond acceptors (Lipinski definition) is 3. The van der Waals surface area contributed by atoms with E-state index in [2.05, 4.69) is 5.10 Å². The van der Waals surface area contributed by atoms with E-state index in [0.717, 1.165) is 0 Å². The predicted molar refractivity (Wildman–Crippen MR) is 51.6 cm³/mol. The fourth-order valence-corrected chi connectivity index (χ4v) is 0.951. The van der Waals surface area contributed by atoms with Crippen molar-refractivity contribution in [3.05, 3.63) is 24.0 Å². The minimum Gasteiger partial charge on any atom is -0.461 e. The number of esters is 1. The molecule has 0 radical (unpaired) electrons. The van der Waals surface area contributed by atoms with Crippen LogP contribution >= 0.6 is 0 Å². The van der Waals surface area contributed by atoms with Gasteiger partial charge in [0, 0.05) is 6.20 Å². The number of carbonyl (C=O) groups is 1. The first-order chi connectivity index (χ1) is 6.65. The molecule has 0 aliphatic carbocycles. The number of carbonyl (C=O) groups excluding carboxylic acids is 1. The van der Waals surface area contributed by atoms with E-state index in [1.165, 1.54) is 4.68 Å². The second-order valence-corrected chi connectivity index (χ2v) is 2.48. The van der Waals surface area contributed by atoms with Gasteiger partial charge in [-0.25, -0.2) is 9.47 Å². The Hall–Kier alpha value is -1.98. The molecule has 6 nitrogen and oxygen atoms in total. The maximum absolute atomic E-state index is 11.3. The van der Waals surface area contributed by atoms with E-state index in [4.69, 9.17) is 16.2 Å². The van der Waals surface area contributed by atoms with E-state index in [9.17, 15) is 4.79 Å². The molecule has 0 unspecified atom stereocenters. The van der Waals surface area contributed by atoms with Gasteiger partial charge in [-0.3, -0.25) is 0 Å². The van der Waals surface area contributed by atoms with E-state index in [1.807, 2.05) is 0 Å². The molecular weight excluding hydrogens is 184 g/mol. The summed E-state index contributed by atoms with van der Waals surface area (Å²) >= 11 is 0. The Balaban J connectivity index is 2.93. The van der Waals surface area contributed by atoms with Crippen LogP contribution in [0.5, 0.6) is 0 Å². The summed E-state index contributed by atoms with van der Waals surface area (Å²) in [7, 11) is 0. The van der Waals surface area contributed by atoms with Crippen LogP contribution in [0.15, 0.2) is 23.4 Å². The van der Waals surface area contributed by atoms with E-state index < -0.39 is 5.97 Å². The number of guanidine groups is 1. The van der Waals surface area contributed by atoms with Crippen LogP contribution in [0.1, 0.15) is 17.4 Å². The summed E-state index contributed by atoms with van der Waals surface area (Å²) in [6, 6.07) is 3.23. The van der Waals surface area contributed by atoms with Crippen molar-refractivity contribution in [3.63, 3.8) is 0 Å². The van der Waals surface area contributed by atoms with E-state index >= 15 is 0 Å². The third kappa shape index (κ3) is 2.25. The molecule has 0 atom stereocenters. The quantitative estimate of drug-likeness (QED) is 0.394. The molecule has 0 amide bonds. The van der Waals surface area contributed by atoms with Gasteiger partial charge in [0.05, 0.1) is 6.61 Å². The molecule has 1 rings (SSSR count). The van der Waals surface area contributed by atoms with Crippen LogP contribution in [0.2, 0.25) is 0 Å². The maximum Gasteiger partial charge on any atom is 0.356 e. The summed E-state index contributed by atoms with van der Waals surface area (Å²) < 4.78 is 6.07. The number of nitrogens with two attached hydrogens (primary N) is 2. The van der Waals surface area contributed by atoms with Crippen LogP contribution < -0.4 is 11.5 Å². The van der Waals surface area contributed by atoms with E-state index in [0.29, 0.717) is 12.3 Å². The van der Waals surface area contributed by atoms with Gasteiger partial charge in [0.2, 0.25) is 5.96 Å². The van der Waals surface area contributed by atoms with Gasteiger partial charge < -0.3 is 16.2 Å². The molecule has 0 fully saturated rings. The van der Waals surface area contributed by atoms with Gasteiger partial charge in [-0.2, -0.15) is 0 Å². The third-order valence-electron chi connectivity index (χ3n) is 1.44. The lowest BCUT2D eigenvalue weighted by atomic mass is 10.4. The summed E-state index contributed by atoms with van der Waals surface area (Å²) in [4.78, 5) is 11.3. The van der Waals surface area contributed by atoms with Crippen molar-refractivity contribution in [1.82, 2.24) is 4.68 Å². The molecule has 1 heterocycles. The zero-order valence-electron chi connectivity index (χ0n) is 7.80. The molecule has 0 bridgehead atoms. The van der Waals surface area contributed by atoms with Crippen molar-refractivity contribution in [1.29, 1.82) is 0 Å². The molecule has 0 aromatic carbocycles. The van der Waals surface area contributed by atoms with Gasteiger partial charge in [0.1, 0.15) is 5.69 Å². The smallest absolute Gasteiger partial charge is 0.356 e. The SMILES string of the molecule is CCOC(=O)c1cccn1N=C(N)N. The van der Waals surface area contributed by atoms with Gasteiger partial charge in [0.25, 0.3) is 0 Å². The Bertz CT molecular complexity index is 352. The molecule has 0 aliphatic rings. The largest absolute Gasteiger partial charge is 0.461 e. The number of ether oxygens (including phenoxy) is 1. The molecule has 1 aromatic heterocycles. The van der Waals surface area contributed by atoms with Crippen LogP contribution in [0.4, 0.5) is 0 Å². The Kier molecular flexibility index (Phi) is 3.11.